The number of benzene rings is 1. The van der Waals surface area contributed by atoms with Crippen molar-refractivity contribution in [1.82, 2.24) is 10.2 Å². The predicted octanol–water partition coefficient (Wildman–Crippen LogP) is 2.14. The SMILES string of the molecule is Cl.NCCC(=O)NCC1CCCCN1C(=O)C1CSc2ccccc21. The first-order valence-corrected chi connectivity index (χ1v) is 9.68. The summed E-state index contributed by atoms with van der Waals surface area (Å²) in [6.45, 7) is 1.68. The summed E-state index contributed by atoms with van der Waals surface area (Å²) in [4.78, 5) is 28.0. The number of nitrogens with zero attached hydrogens (tertiary/aromatic N) is 1. The van der Waals surface area contributed by atoms with Crippen LogP contribution in [0.1, 0.15) is 37.2 Å². The Balaban J connectivity index is 0.00000225. The van der Waals surface area contributed by atoms with Crippen molar-refractivity contribution in [3.05, 3.63) is 29.8 Å². The quantitative estimate of drug-likeness (QED) is 0.816. The zero-order valence-corrected chi connectivity index (χ0v) is 15.9. The van der Waals surface area contributed by atoms with Gasteiger partial charge in [0.2, 0.25) is 11.8 Å². The number of thioether (sulfide) groups is 1. The van der Waals surface area contributed by atoms with Crippen LogP contribution < -0.4 is 11.1 Å². The van der Waals surface area contributed by atoms with E-state index in [1.165, 1.54) is 4.90 Å². The summed E-state index contributed by atoms with van der Waals surface area (Å²) in [6.07, 6.45) is 3.45. The first-order valence-electron chi connectivity index (χ1n) is 8.69. The molecule has 2 heterocycles. The second-order valence-electron chi connectivity index (χ2n) is 6.43. The maximum atomic E-state index is 13.1. The molecule has 3 rings (SSSR count). The summed E-state index contributed by atoms with van der Waals surface area (Å²) >= 11 is 1.76. The van der Waals surface area contributed by atoms with E-state index in [2.05, 4.69) is 17.4 Å². The Hall–Kier alpha value is -1.24. The van der Waals surface area contributed by atoms with Crippen LogP contribution in [0.2, 0.25) is 0 Å². The van der Waals surface area contributed by atoms with E-state index >= 15 is 0 Å². The van der Waals surface area contributed by atoms with Gasteiger partial charge in [-0.05, 0) is 30.9 Å². The molecule has 0 spiro atoms. The smallest absolute Gasteiger partial charge is 0.231 e. The van der Waals surface area contributed by atoms with Crippen molar-refractivity contribution in [2.24, 2.45) is 5.73 Å². The average molecular weight is 384 g/mol. The third-order valence-corrected chi connectivity index (χ3v) is 6.00. The monoisotopic (exact) mass is 383 g/mol. The van der Waals surface area contributed by atoms with Crippen molar-refractivity contribution in [3.63, 3.8) is 0 Å². The molecule has 2 unspecified atom stereocenters. The lowest BCUT2D eigenvalue weighted by Crippen LogP contribution is -2.51. The van der Waals surface area contributed by atoms with E-state index in [-0.39, 0.29) is 36.2 Å². The number of fused-ring (bicyclic) bond motifs is 1. The molecule has 0 aliphatic carbocycles. The highest BCUT2D eigenvalue weighted by atomic mass is 35.5. The maximum absolute atomic E-state index is 13.1. The summed E-state index contributed by atoms with van der Waals surface area (Å²) in [5.74, 6) is 0.954. The van der Waals surface area contributed by atoms with Gasteiger partial charge in [-0.1, -0.05) is 18.2 Å². The number of hydrogen-bond acceptors (Lipinski definition) is 4. The first-order chi connectivity index (χ1) is 11.7. The van der Waals surface area contributed by atoms with Gasteiger partial charge in [0.05, 0.1) is 5.92 Å². The Labute approximate surface area is 159 Å². The van der Waals surface area contributed by atoms with E-state index in [1.54, 1.807) is 11.8 Å². The predicted molar refractivity (Wildman–Crippen MR) is 103 cm³/mol. The average Bonchev–Trinajstić information content (AvgIpc) is 3.04. The highest BCUT2D eigenvalue weighted by molar-refractivity contribution is 7.99. The molecule has 2 aliphatic rings. The summed E-state index contributed by atoms with van der Waals surface area (Å²) in [7, 11) is 0. The lowest BCUT2D eigenvalue weighted by Gasteiger charge is -2.37. The lowest BCUT2D eigenvalue weighted by atomic mass is 9.95. The molecule has 0 saturated carbocycles. The number of carbonyl (C=O) groups excluding carboxylic acids is 2. The Kier molecular flexibility index (Phi) is 7.59. The Bertz CT molecular complexity index is 614. The molecule has 1 fully saturated rings. The van der Waals surface area contributed by atoms with Gasteiger partial charge in [0.15, 0.2) is 0 Å². The third-order valence-electron chi connectivity index (χ3n) is 4.81. The van der Waals surface area contributed by atoms with Crippen molar-refractivity contribution in [1.29, 1.82) is 0 Å². The second kappa shape index (κ2) is 9.46. The minimum atomic E-state index is -0.0495. The lowest BCUT2D eigenvalue weighted by molar-refractivity contribution is -0.136. The van der Waals surface area contributed by atoms with Crippen molar-refractivity contribution >= 4 is 36.0 Å². The molecule has 1 saturated heterocycles. The van der Waals surface area contributed by atoms with Gasteiger partial charge in [0, 0.05) is 42.7 Å². The topological polar surface area (TPSA) is 75.4 Å². The Morgan fingerprint density at radius 2 is 2.08 bits per heavy atom. The number of nitrogens with two attached hydrogens (primary N) is 1. The van der Waals surface area contributed by atoms with Gasteiger partial charge in [0.1, 0.15) is 0 Å². The molecule has 0 bridgehead atoms. The van der Waals surface area contributed by atoms with Gasteiger partial charge in [0.25, 0.3) is 0 Å². The molecule has 138 valence electrons. The standard InChI is InChI=1S/C18H25N3O2S.ClH/c19-9-8-17(22)20-11-13-5-3-4-10-21(13)18(23)15-12-24-16-7-2-1-6-14(15)16;/h1-2,6-7,13,15H,3-5,8-12,19H2,(H,20,22);1H. The van der Waals surface area contributed by atoms with Crippen molar-refractivity contribution in [2.75, 3.05) is 25.4 Å². The van der Waals surface area contributed by atoms with E-state index < -0.39 is 0 Å². The fraction of sp³-hybridized carbons (Fsp3) is 0.556. The zero-order valence-electron chi connectivity index (χ0n) is 14.3. The molecule has 25 heavy (non-hydrogen) atoms. The van der Waals surface area contributed by atoms with Gasteiger partial charge >= 0.3 is 0 Å². The molecule has 1 aromatic rings. The number of nitrogens with one attached hydrogen (secondary N) is 1. The van der Waals surface area contributed by atoms with Gasteiger partial charge in [-0.3, -0.25) is 9.59 Å². The second-order valence-corrected chi connectivity index (χ2v) is 7.49. The number of amides is 2. The van der Waals surface area contributed by atoms with Crippen LogP contribution in [-0.2, 0) is 9.59 Å². The minimum Gasteiger partial charge on any atom is -0.354 e. The fourth-order valence-corrected chi connectivity index (χ4v) is 4.74. The minimum absolute atomic E-state index is 0. The van der Waals surface area contributed by atoms with Crippen LogP contribution >= 0.6 is 24.2 Å². The van der Waals surface area contributed by atoms with Crippen LogP contribution in [0, 0.1) is 0 Å². The van der Waals surface area contributed by atoms with Crippen molar-refractivity contribution < 1.29 is 9.59 Å². The van der Waals surface area contributed by atoms with E-state index in [0.717, 1.165) is 37.1 Å². The summed E-state index contributed by atoms with van der Waals surface area (Å²) in [6, 6.07) is 8.29. The van der Waals surface area contributed by atoms with Gasteiger partial charge in [-0.2, -0.15) is 0 Å². The van der Waals surface area contributed by atoms with E-state index in [4.69, 9.17) is 5.73 Å². The summed E-state index contributed by atoms with van der Waals surface area (Å²) in [5.41, 5.74) is 6.57. The van der Waals surface area contributed by atoms with Gasteiger partial charge in [-0.15, -0.1) is 24.2 Å². The molecule has 2 aliphatic heterocycles. The molecular weight excluding hydrogens is 358 g/mol. The molecule has 7 heteroatoms. The normalized spacial score (nSPS) is 22.0. The molecule has 1 aromatic carbocycles. The highest BCUT2D eigenvalue weighted by Crippen LogP contribution is 2.40. The molecular formula is C18H26ClN3O2S. The number of piperidine rings is 1. The van der Waals surface area contributed by atoms with Crippen LogP contribution in [0.15, 0.2) is 29.2 Å². The molecule has 0 aromatic heterocycles. The van der Waals surface area contributed by atoms with Gasteiger partial charge in [-0.25, -0.2) is 0 Å². The Morgan fingerprint density at radius 3 is 2.88 bits per heavy atom. The number of likely N-dealkylation sites (tertiary alicyclic amines) is 1. The molecule has 5 nitrogen and oxygen atoms in total. The molecule has 2 amide bonds. The molecule has 2 atom stereocenters. The third kappa shape index (κ3) is 4.68. The van der Waals surface area contributed by atoms with E-state index in [9.17, 15) is 9.59 Å². The summed E-state index contributed by atoms with van der Waals surface area (Å²) in [5, 5.41) is 2.93. The first kappa shape index (κ1) is 20.1. The zero-order chi connectivity index (χ0) is 16.9. The summed E-state index contributed by atoms with van der Waals surface area (Å²) < 4.78 is 0. The van der Waals surface area contributed by atoms with Crippen LogP contribution in [0.25, 0.3) is 0 Å². The number of hydrogen-bond donors (Lipinski definition) is 2. The molecule has 0 radical (unpaired) electrons. The van der Waals surface area contributed by atoms with Crippen molar-refractivity contribution in [2.45, 2.75) is 42.5 Å². The number of halogens is 1. The van der Waals surface area contributed by atoms with Crippen LogP contribution in [-0.4, -0.2) is 48.1 Å². The maximum Gasteiger partial charge on any atom is 0.231 e. The van der Waals surface area contributed by atoms with Gasteiger partial charge < -0.3 is 16.0 Å². The highest BCUT2D eigenvalue weighted by Gasteiger charge is 2.36. The van der Waals surface area contributed by atoms with Crippen molar-refractivity contribution in [3.8, 4) is 0 Å². The largest absolute Gasteiger partial charge is 0.354 e. The fourth-order valence-electron chi connectivity index (χ4n) is 3.52. The molecule has 3 N–H and O–H groups in total. The van der Waals surface area contributed by atoms with Crippen LogP contribution in [0.5, 0.6) is 0 Å². The van der Waals surface area contributed by atoms with Crippen LogP contribution in [0.3, 0.4) is 0 Å². The van der Waals surface area contributed by atoms with E-state index in [0.29, 0.717) is 19.5 Å². The number of rotatable bonds is 5. The van der Waals surface area contributed by atoms with Crippen LogP contribution in [0.4, 0.5) is 0 Å². The Morgan fingerprint density at radius 1 is 1.28 bits per heavy atom. The van der Waals surface area contributed by atoms with E-state index in [1.807, 2.05) is 17.0 Å². The number of carbonyl (C=O) groups is 2.